The molecule has 1 aliphatic rings. The largest absolute Gasteiger partial charge is 0.415 e. The quantitative estimate of drug-likeness (QED) is 0.396. The van der Waals surface area contributed by atoms with Crippen LogP contribution in [0.1, 0.15) is 56.9 Å². The number of aromatic nitrogens is 3. The van der Waals surface area contributed by atoms with Crippen molar-refractivity contribution in [2.75, 3.05) is 13.1 Å². The first-order valence-corrected chi connectivity index (χ1v) is 14.8. The number of carbonyl (C=O) groups is 1. The maximum atomic E-state index is 13.7. The second-order valence-corrected chi connectivity index (χ2v) is 13.1. The Morgan fingerprint density at radius 2 is 1.89 bits per heavy atom. The molecular formula is C23H26Cl2FN5O5S2. The van der Waals surface area contributed by atoms with Crippen LogP contribution in [-0.2, 0) is 15.6 Å². The maximum absolute atomic E-state index is 13.7. The van der Waals surface area contributed by atoms with Gasteiger partial charge in [-0.3, -0.25) is 4.79 Å². The summed E-state index contributed by atoms with van der Waals surface area (Å²) >= 11 is 14.0. The van der Waals surface area contributed by atoms with Crippen LogP contribution in [0.25, 0.3) is 21.3 Å². The lowest BCUT2D eigenvalue weighted by molar-refractivity contribution is 0.0487. The number of nitrogens with one attached hydrogen (secondary N) is 1. The summed E-state index contributed by atoms with van der Waals surface area (Å²) in [5, 5.41) is 17.9. The van der Waals surface area contributed by atoms with E-state index in [1.54, 1.807) is 13.8 Å². The molecule has 0 unspecified atom stereocenters. The molecule has 2 N–H and O–H groups in total. The summed E-state index contributed by atoms with van der Waals surface area (Å²) in [6, 6.07) is 2.37. The van der Waals surface area contributed by atoms with E-state index < -0.39 is 27.7 Å². The van der Waals surface area contributed by atoms with Crippen molar-refractivity contribution in [3.8, 4) is 21.3 Å². The Kier molecular flexibility index (Phi) is 8.18. The fourth-order valence-electron chi connectivity index (χ4n) is 3.79. The van der Waals surface area contributed by atoms with Crippen LogP contribution in [0, 0.1) is 0 Å². The van der Waals surface area contributed by atoms with Crippen molar-refractivity contribution in [3.05, 3.63) is 33.8 Å². The maximum Gasteiger partial charge on any atom is 0.276 e. The van der Waals surface area contributed by atoms with Crippen molar-refractivity contribution in [2.24, 2.45) is 0 Å². The number of alkyl halides is 1. The number of carbonyl (C=O) groups excluding carboxylic acids is 1. The highest BCUT2D eigenvalue weighted by atomic mass is 35.5. The molecule has 3 heterocycles. The first-order chi connectivity index (χ1) is 17.7. The molecule has 1 saturated heterocycles. The van der Waals surface area contributed by atoms with E-state index in [4.69, 9.17) is 27.6 Å². The summed E-state index contributed by atoms with van der Waals surface area (Å²) in [6.07, 6.45) is -0.567. The number of nitrogens with zero attached hydrogens (tertiary/aromatic N) is 4. The molecule has 38 heavy (non-hydrogen) atoms. The first-order valence-electron chi connectivity index (χ1n) is 11.7. The summed E-state index contributed by atoms with van der Waals surface area (Å²) in [7, 11) is -3.96. The Bertz CT molecular complexity index is 1460. The molecule has 2 aromatic heterocycles. The molecule has 4 rings (SSSR count). The molecule has 3 aromatic rings. The number of likely N-dealkylation sites (tertiary alicyclic amines) is 1. The lowest BCUT2D eigenvalue weighted by Gasteiger charge is -2.28. The summed E-state index contributed by atoms with van der Waals surface area (Å²) < 4.78 is 47.2. The van der Waals surface area contributed by atoms with E-state index in [0.717, 1.165) is 11.3 Å². The molecule has 0 radical (unpaired) electrons. The zero-order valence-corrected chi connectivity index (χ0v) is 24.1. The number of thiazole rings is 1. The van der Waals surface area contributed by atoms with E-state index in [9.17, 15) is 22.7 Å². The standard InChI is InChI=1S/C23H26Cl2FN5O5S2/c1-11(2)30-38(34,35)14-6-5-13(15(24)16(14)25)18-17(21(32)31-9-7-12(26)8-10-31)27-20(37-18)19-28-29-22(36-19)23(3,4)33/h5-6,11-12,30,33H,7-10H2,1-4H3. The smallest absolute Gasteiger partial charge is 0.276 e. The summed E-state index contributed by atoms with van der Waals surface area (Å²) in [5.41, 5.74) is -1.13. The molecule has 0 saturated carbocycles. The second kappa shape index (κ2) is 10.8. The number of halogens is 3. The lowest BCUT2D eigenvalue weighted by Crippen LogP contribution is -2.39. The van der Waals surface area contributed by atoms with Crippen LogP contribution in [-0.4, -0.2) is 64.8 Å². The van der Waals surface area contributed by atoms with Crippen LogP contribution >= 0.6 is 34.5 Å². The van der Waals surface area contributed by atoms with Gasteiger partial charge in [0, 0.05) is 24.7 Å². The molecule has 0 atom stereocenters. The number of amides is 1. The number of benzene rings is 1. The summed E-state index contributed by atoms with van der Waals surface area (Å²) in [6.45, 7) is 6.72. The zero-order valence-electron chi connectivity index (χ0n) is 21.0. The Morgan fingerprint density at radius 1 is 1.24 bits per heavy atom. The van der Waals surface area contributed by atoms with Gasteiger partial charge < -0.3 is 14.4 Å². The molecule has 0 spiro atoms. The highest BCUT2D eigenvalue weighted by Crippen LogP contribution is 2.43. The van der Waals surface area contributed by atoms with Gasteiger partial charge in [-0.05, 0) is 46.6 Å². The Morgan fingerprint density at radius 3 is 2.47 bits per heavy atom. The highest BCUT2D eigenvalue weighted by molar-refractivity contribution is 7.89. The lowest BCUT2D eigenvalue weighted by atomic mass is 10.1. The minimum Gasteiger partial charge on any atom is -0.415 e. The Hall–Kier alpha value is -2.16. The number of rotatable bonds is 7. The molecule has 15 heteroatoms. The van der Waals surface area contributed by atoms with Crippen LogP contribution in [0.2, 0.25) is 10.0 Å². The van der Waals surface area contributed by atoms with E-state index in [0.29, 0.717) is 4.88 Å². The third-order valence-corrected chi connectivity index (χ3v) is 9.42. The Labute approximate surface area is 233 Å². The van der Waals surface area contributed by atoms with Gasteiger partial charge in [-0.25, -0.2) is 22.5 Å². The summed E-state index contributed by atoms with van der Waals surface area (Å²) in [4.78, 5) is 19.5. The summed E-state index contributed by atoms with van der Waals surface area (Å²) in [5.74, 6) is -0.533. The number of hydrogen-bond donors (Lipinski definition) is 2. The number of piperidine rings is 1. The van der Waals surface area contributed by atoms with Crippen molar-refractivity contribution in [1.82, 2.24) is 24.8 Å². The fraction of sp³-hybridized carbons (Fsp3) is 0.478. The van der Waals surface area contributed by atoms with Crippen molar-refractivity contribution in [2.45, 2.75) is 63.2 Å². The minimum atomic E-state index is -3.96. The van der Waals surface area contributed by atoms with Gasteiger partial charge >= 0.3 is 0 Å². The molecule has 0 bridgehead atoms. The van der Waals surface area contributed by atoms with Crippen molar-refractivity contribution in [1.29, 1.82) is 0 Å². The van der Waals surface area contributed by atoms with Crippen LogP contribution in [0.5, 0.6) is 0 Å². The first kappa shape index (κ1) is 28.8. The molecule has 1 aliphatic heterocycles. The number of aliphatic hydroxyl groups is 1. The zero-order chi connectivity index (χ0) is 28.0. The van der Waals surface area contributed by atoms with Gasteiger partial charge in [0.2, 0.25) is 15.9 Å². The van der Waals surface area contributed by atoms with Gasteiger partial charge in [0.15, 0.2) is 5.01 Å². The van der Waals surface area contributed by atoms with Gasteiger partial charge in [-0.1, -0.05) is 29.3 Å². The van der Waals surface area contributed by atoms with Gasteiger partial charge in [-0.15, -0.1) is 21.5 Å². The average molecular weight is 607 g/mol. The third-order valence-electron chi connectivity index (χ3n) is 5.64. The Balaban J connectivity index is 1.83. The average Bonchev–Trinajstić information content (AvgIpc) is 3.47. The van der Waals surface area contributed by atoms with E-state index in [2.05, 4.69) is 19.9 Å². The molecule has 206 valence electrons. The minimum absolute atomic E-state index is 0.000744. The van der Waals surface area contributed by atoms with Crippen LogP contribution in [0.15, 0.2) is 21.4 Å². The molecule has 1 amide bonds. The molecule has 10 nitrogen and oxygen atoms in total. The van der Waals surface area contributed by atoms with E-state index in [1.165, 1.54) is 30.9 Å². The van der Waals surface area contributed by atoms with Gasteiger partial charge in [0.25, 0.3) is 11.8 Å². The van der Waals surface area contributed by atoms with Crippen molar-refractivity contribution in [3.63, 3.8) is 0 Å². The van der Waals surface area contributed by atoms with E-state index in [1.807, 2.05) is 0 Å². The topological polar surface area (TPSA) is 139 Å². The van der Waals surface area contributed by atoms with E-state index >= 15 is 0 Å². The van der Waals surface area contributed by atoms with Gasteiger partial charge in [-0.2, -0.15) is 0 Å². The fourth-order valence-corrected chi connectivity index (χ4v) is 6.97. The van der Waals surface area contributed by atoms with Crippen LogP contribution < -0.4 is 4.72 Å². The third kappa shape index (κ3) is 5.87. The highest BCUT2D eigenvalue weighted by Gasteiger charge is 2.32. The SMILES string of the molecule is CC(C)NS(=O)(=O)c1ccc(-c2sc(-c3nnc(C(C)(C)O)o3)nc2C(=O)N2CCC(F)CC2)c(Cl)c1Cl. The predicted molar refractivity (Wildman–Crippen MR) is 142 cm³/mol. The van der Waals surface area contributed by atoms with Crippen LogP contribution in [0.3, 0.4) is 0 Å². The second-order valence-electron chi connectivity index (χ2n) is 9.65. The number of sulfonamides is 1. The van der Waals surface area contributed by atoms with E-state index in [-0.39, 0.29) is 75.0 Å². The van der Waals surface area contributed by atoms with Crippen molar-refractivity contribution < 1.29 is 27.1 Å². The molecular weight excluding hydrogens is 580 g/mol. The van der Waals surface area contributed by atoms with Gasteiger partial charge in [0.05, 0.1) is 14.9 Å². The van der Waals surface area contributed by atoms with Crippen molar-refractivity contribution >= 4 is 50.5 Å². The monoisotopic (exact) mass is 605 g/mol. The van der Waals surface area contributed by atoms with Gasteiger partial charge in [0.1, 0.15) is 22.4 Å². The predicted octanol–water partition coefficient (Wildman–Crippen LogP) is 4.66. The normalized spacial score (nSPS) is 15.4. The molecule has 1 aromatic carbocycles. The van der Waals surface area contributed by atoms with Crippen LogP contribution in [0.4, 0.5) is 4.39 Å². The molecule has 1 fully saturated rings. The number of hydrogen-bond acceptors (Lipinski definition) is 9. The molecule has 0 aliphatic carbocycles.